The smallest absolute Gasteiger partial charge is 0.305 e. The highest BCUT2D eigenvalue weighted by molar-refractivity contribution is 5.69. The molecule has 0 atom stereocenters. The number of aliphatic hydroxyl groups is 1. The summed E-state index contributed by atoms with van der Waals surface area (Å²) in [6, 6.07) is 0. The molecule has 0 unspecified atom stereocenters. The van der Waals surface area contributed by atoms with E-state index in [-0.39, 0.29) is 5.97 Å². The molecule has 0 aromatic rings. The first kappa shape index (κ1) is 42.4. The number of carbonyl (C=O) groups is 1. The van der Waals surface area contributed by atoms with Crippen molar-refractivity contribution < 1.29 is 24.3 Å². The molecular formula is C34H72N2O5. The van der Waals surface area contributed by atoms with Gasteiger partial charge in [0.25, 0.3) is 0 Å². The third-order valence-corrected chi connectivity index (χ3v) is 7.31. The predicted octanol–water partition coefficient (Wildman–Crippen LogP) is 8.97. The van der Waals surface area contributed by atoms with Gasteiger partial charge in [0.05, 0.1) is 19.8 Å². The first-order valence-corrected chi connectivity index (χ1v) is 17.6. The van der Waals surface area contributed by atoms with Crippen LogP contribution in [-0.4, -0.2) is 51.1 Å². The summed E-state index contributed by atoms with van der Waals surface area (Å²) in [5, 5.41) is 10.5. The highest BCUT2D eigenvalue weighted by Crippen LogP contribution is 2.11. The fourth-order valence-corrected chi connectivity index (χ4v) is 4.70. The van der Waals surface area contributed by atoms with E-state index in [9.17, 15) is 4.79 Å². The largest absolute Gasteiger partial charge is 0.466 e. The molecule has 3 N–H and O–H groups in total. The molecular weight excluding hydrogens is 516 g/mol. The first-order chi connectivity index (χ1) is 20.3. The first-order valence-electron chi connectivity index (χ1n) is 17.6. The van der Waals surface area contributed by atoms with Crippen LogP contribution < -0.4 is 11.0 Å². The molecule has 0 aromatic carbocycles. The van der Waals surface area contributed by atoms with Crippen molar-refractivity contribution in [1.29, 1.82) is 0 Å². The van der Waals surface area contributed by atoms with Crippen LogP contribution in [0.5, 0.6) is 0 Å². The Kier molecular flexibility index (Phi) is 42.8. The van der Waals surface area contributed by atoms with E-state index in [0.717, 1.165) is 78.2 Å². The van der Waals surface area contributed by atoms with Crippen LogP contribution in [-0.2, 0) is 19.2 Å². The SMILES string of the molecule is CCCCCCCCCCCONOCCCCCNCCCCCC(=O)OCCCCCCCCCCC.CO. The normalized spacial score (nSPS) is 10.9. The van der Waals surface area contributed by atoms with Gasteiger partial charge in [0.1, 0.15) is 0 Å². The number of nitrogens with one attached hydrogen (secondary N) is 2. The van der Waals surface area contributed by atoms with Crippen LogP contribution in [0.25, 0.3) is 0 Å². The summed E-state index contributed by atoms with van der Waals surface area (Å²) in [4.78, 5) is 22.5. The molecule has 0 saturated heterocycles. The van der Waals surface area contributed by atoms with Gasteiger partial charge >= 0.3 is 5.97 Å². The minimum absolute atomic E-state index is 0.0202. The molecule has 7 heteroatoms. The summed E-state index contributed by atoms with van der Waals surface area (Å²) in [5.41, 5.74) is 2.63. The topological polar surface area (TPSA) is 89.0 Å². The van der Waals surface area contributed by atoms with E-state index in [1.54, 1.807) is 0 Å². The quantitative estimate of drug-likeness (QED) is 0.0393. The molecule has 0 aliphatic rings. The summed E-state index contributed by atoms with van der Waals surface area (Å²) >= 11 is 0. The zero-order valence-electron chi connectivity index (χ0n) is 27.8. The van der Waals surface area contributed by atoms with Crippen LogP contribution in [0.1, 0.15) is 174 Å². The maximum absolute atomic E-state index is 11.8. The Morgan fingerprint density at radius 3 is 1.32 bits per heavy atom. The molecule has 0 spiro atoms. The summed E-state index contributed by atoms with van der Waals surface area (Å²) in [5.74, 6) is -0.0202. The Morgan fingerprint density at radius 1 is 0.488 bits per heavy atom. The zero-order chi connectivity index (χ0) is 30.3. The summed E-state index contributed by atoms with van der Waals surface area (Å²) in [6.45, 7) is 8.61. The van der Waals surface area contributed by atoms with Crippen molar-refractivity contribution in [3.05, 3.63) is 0 Å². The monoisotopic (exact) mass is 589 g/mol. The van der Waals surface area contributed by atoms with Gasteiger partial charge in [-0.1, -0.05) is 129 Å². The highest BCUT2D eigenvalue weighted by Gasteiger charge is 2.02. The van der Waals surface area contributed by atoms with Gasteiger partial charge < -0.3 is 15.2 Å². The molecule has 0 aliphatic carbocycles. The summed E-state index contributed by atoms with van der Waals surface area (Å²) in [7, 11) is 1.00. The minimum Gasteiger partial charge on any atom is -0.466 e. The van der Waals surface area contributed by atoms with Crippen molar-refractivity contribution in [2.75, 3.05) is 40.0 Å². The van der Waals surface area contributed by atoms with Gasteiger partial charge in [-0.25, -0.2) is 0 Å². The van der Waals surface area contributed by atoms with Crippen molar-refractivity contribution in [1.82, 2.24) is 11.0 Å². The lowest BCUT2D eigenvalue weighted by molar-refractivity contribution is -0.171. The molecule has 0 fully saturated rings. The number of hydrogen-bond acceptors (Lipinski definition) is 7. The average Bonchev–Trinajstić information content (AvgIpc) is 2.99. The number of esters is 1. The number of ether oxygens (including phenoxy) is 1. The van der Waals surface area contributed by atoms with Crippen molar-refractivity contribution in [2.45, 2.75) is 174 Å². The van der Waals surface area contributed by atoms with Crippen molar-refractivity contribution in [3.8, 4) is 0 Å². The molecule has 0 heterocycles. The van der Waals surface area contributed by atoms with Crippen molar-refractivity contribution in [3.63, 3.8) is 0 Å². The Bertz CT molecular complexity index is 468. The summed E-state index contributed by atoms with van der Waals surface area (Å²) in [6.07, 6.45) is 30.6. The molecule has 0 radical (unpaired) electrons. The van der Waals surface area contributed by atoms with Crippen LogP contribution in [0.3, 0.4) is 0 Å². The van der Waals surface area contributed by atoms with E-state index in [2.05, 4.69) is 24.8 Å². The van der Waals surface area contributed by atoms with Crippen LogP contribution in [0.15, 0.2) is 0 Å². The number of rotatable bonds is 34. The molecule has 0 rings (SSSR count). The number of aliphatic hydroxyl groups excluding tert-OH is 1. The van der Waals surface area contributed by atoms with Crippen LogP contribution in [0, 0.1) is 0 Å². The third-order valence-electron chi connectivity index (χ3n) is 7.31. The van der Waals surface area contributed by atoms with Gasteiger partial charge in [0.15, 0.2) is 0 Å². The van der Waals surface area contributed by atoms with Gasteiger partial charge in [0.2, 0.25) is 0 Å². The fourth-order valence-electron chi connectivity index (χ4n) is 4.70. The molecule has 0 aromatic heterocycles. The van der Waals surface area contributed by atoms with Crippen LogP contribution >= 0.6 is 0 Å². The predicted molar refractivity (Wildman–Crippen MR) is 174 cm³/mol. The van der Waals surface area contributed by atoms with E-state index in [1.807, 2.05) is 0 Å². The second-order valence-electron chi connectivity index (χ2n) is 11.3. The van der Waals surface area contributed by atoms with Gasteiger partial charge in [-0.15, -0.1) is 0 Å². The van der Waals surface area contributed by atoms with E-state index in [4.69, 9.17) is 19.5 Å². The van der Waals surface area contributed by atoms with E-state index in [0.29, 0.717) is 19.6 Å². The average molecular weight is 589 g/mol. The molecule has 0 aliphatic heterocycles. The van der Waals surface area contributed by atoms with Gasteiger partial charge in [-0.05, 0) is 58.0 Å². The third kappa shape index (κ3) is 41.5. The number of unbranched alkanes of at least 4 members (excludes halogenated alkanes) is 20. The lowest BCUT2D eigenvalue weighted by atomic mass is 10.1. The van der Waals surface area contributed by atoms with Gasteiger partial charge in [-0.2, -0.15) is 0 Å². The molecule has 7 nitrogen and oxygen atoms in total. The standard InChI is InChI=1S/C33H68N2O4.CH4O/c1-3-5-7-9-11-13-15-17-24-30-37-33(36)27-21-19-22-28-34-29-23-20-26-32-39-35-38-31-25-18-16-14-12-10-8-6-4-2;1-2/h34-35H,3-32H2,1-2H3;2H,1H3. The minimum atomic E-state index is -0.0202. The summed E-state index contributed by atoms with van der Waals surface area (Å²) < 4.78 is 5.37. The molecule has 0 amide bonds. The van der Waals surface area contributed by atoms with Crippen LogP contribution in [0.2, 0.25) is 0 Å². The molecule has 248 valence electrons. The van der Waals surface area contributed by atoms with E-state index >= 15 is 0 Å². The Morgan fingerprint density at radius 2 is 0.854 bits per heavy atom. The van der Waals surface area contributed by atoms with Gasteiger partial charge in [0, 0.05) is 13.5 Å². The molecule has 0 bridgehead atoms. The van der Waals surface area contributed by atoms with Crippen LogP contribution in [0.4, 0.5) is 0 Å². The fraction of sp³-hybridized carbons (Fsp3) is 0.971. The molecule has 0 saturated carbocycles. The molecule has 41 heavy (non-hydrogen) atoms. The van der Waals surface area contributed by atoms with Crippen molar-refractivity contribution in [2.24, 2.45) is 0 Å². The van der Waals surface area contributed by atoms with E-state index in [1.165, 1.54) is 103 Å². The van der Waals surface area contributed by atoms with E-state index < -0.39 is 0 Å². The lowest BCUT2D eigenvalue weighted by Gasteiger charge is -2.07. The zero-order valence-corrected chi connectivity index (χ0v) is 27.8. The Hall–Kier alpha value is -0.730. The number of hydrogen-bond donors (Lipinski definition) is 3. The number of carbonyl (C=O) groups excluding carboxylic acids is 1. The second kappa shape index (κ2) is 41.4. The maximum Gasteiger partial charge on any atom is 0.305 e. The Labute approximate surface area is 255 Å². The van der Waals surface area contributed by atoms with Crippen molar-refractivity contribution >= 4 is 5.97 Å². The second-order valence-corrected chi connectivity index (χ2v) is 11.3. The lowest BCUT2D eigenvalue weighted by Crippen LogP contribution is -2.18. The maximum atomic E-state index is 11.8. The Balaban J connectivity index is 0. The highest BCUT2D eigenvalue weighted by atomic mass is 16.9. The van der Waals surface area contributed by atoms with Gasteiger partial charge in [-0.3, -0.25) is 14.5 Å².